The molecule has 2 amide bonds. The topological polar surface area (TPSA) is 69.6 Å². The van der Waals surface area contributed by atoms with Crippen molar-refractivity contribution in [1.82, 2.24) is 10.2 Å². The van der Waals surface area contributed by atoms with Gasteiger partial charge in [0, 0.05) is 18.6 Å². The molecule has 2 N–H and O–H groups in total. The van der Waals surface area contributed by atoms with Crippen molar-refractivity contribution in [2.45, 2.75) is 38.6 Å². The highest BCUT2D eigenvalue weighted by Crippen LogP contribution is 2.16. The molecule has 5 nitrogen and oxygen atoms in total. The Balaban J connectivity index is 1.97. The normalized spacial score (nSPS) is 15.0. The Morgan fingerprint density at radius 2 is 1.71 bits per heavy atom. The molecule has 114 valence electrons. The van der Waals surface area contributed by atoms with Gasteiger partial charge in [-0.2, -0.15) is 0 Å². The summed E-state index contributed by atoms with van der Waals surface area (Å²) in [6.07, 6.45) is 1.58. The van der Waals surface area contributed by atoms with Crippen LogP contribution in [-0.4, -0.2) is 40.6 Å². The van der Waals surface area contributed by atoms with Gasteiger partial charge in [-0.1, -0.05) is 24.3 Å². The molecular weight excluding hydrogens is 268 g/mol. The molecule has 21 heavy (non-hydrogen) atoms. The van der Waals surface area contributed by atoms with Gasteiger partial charge in [-0.05, 0) is 37.8 Å². The summed E-state index contributed by atoms with van der Waals surface area (Å²) in [6.45, 7) is 4.77. The molecule has 0 bridgehead atoms. The number of amides is 2. The average Bonchev–Trinajstić information content (AvgIpc) is 2.58. The van der Waals surface area contributed by atoms with Crippen molar-refractivity contribution in [2.24, 2.45) is 0 Å². The van der Waals surface area contributed by atoms with Gasteiger partial charge in [-0.15, -0.1) is 0 Å². The maximum Gasteiger partial charge on any atom is 0.317 e. The minimum absolute atomic E-state index is 0.0905. The van der Waals surface area contributed by atoms with Crippen LogP contribution in [0.4, 0.5) is 4.79 Å². The van der Waals surface area contributed by atoms with Crippen LogP contribution in [0.15, 0.2) is 24.3 Å². The zero-order valence-corrected chi connectivity index (χ0v) is 12.6. The Kier molecular flexibility index (Phi) is 4.50. The van der Waals surface area contributed by atoms with Gasteiger partial charge < -0.3 is 15.3 Å². The predicted molar refractivity (Wildman–Crippen MR) is 80.3 cm³/mol. The zero-order chi connectivity index (χ0) is 15.5. The summed E-state index contributed by atoms with van der Waals surface area (Å²) in [7, 11) is 0. The molecule has 1 aliphatic rings. The maximum absolute atomic E-state index is 12.3. The number of rotatable bonds is 3. The number of carboxylic acid groups (broad SMARTS) is 1. The van der Waals surface area contributed by atoms with E-state index in [1.165, 1.54) is 11.1 Å². The molecule has 0 spiro atoms. The fraction of sp³-hybridized carbons (Fsp3) is 0.500. The smallest absolute Gasteiger partial charge is 0.317 e. The highest BCUT2D eigenvalue weighted by molar-refractivity contribution is 5.77. The predicted octanol–water partition coefficient (Wildman–Crippen LogP) is 2.05. The lowest BCUT2D eigenvalue weighted by Crippen LogP contribution is -2.51. The Morgan fingerprint density at radius 1 is 1.19 bits per heavy atom. The Bertz CT molecular complexity index is 513. The number of carboxylic acids is 1. The van der Waals surface area contributed by atoms with Gasteiger partial charge in [0.15, 0.2) is 0 Å². The molecule has 0 radical (unpaired) electrons. The standard InChI is InChI=1S/C16H22N2O3/c1-16(2,11-14(19)20)17-15(21)18-9-7-12-5-3-4-6-13(12)8-10-18/h3-6H,7-11H2,1-2H3,(H,17,21)(H,19,20). The van der Waals surface area contributed by atoms with Crippen LogP contribution in [0, 0.1) is 0 Å². The summed E-state index contributed by atoms with van der Waals surface area (Å²) in [6, 6.07) is 8.06. The van der Waals surface area contributed by atoms with E-state index in [4.69, 9.17) is 5.11 Å². The third-order valence-corrected chi connectivity index (χ3v) is 3.75. The lowest BCUT2D eigenvalue weighted by Gasteiger charge is -2.29. The fourth-order valence-electron chi connectivity index (χ4n) is 2.66. The van der Waals surface area contributed by atoms with E-state index in [1.807, 2.05) is 12.1 Å². The summed E-state index contributed by atoms with van der Waals surface area (Å²) >= 11 is 0. The number of benzene rings is 1. The minimum Gasteiger partial charge on any atom is -0.481 e. The van der Waals surface area contributed by atoms with Gasteiger partial charge in [0.1, 0.15) is 0 Å². The first-order chi connectivity index (χ1) is 9.87. The van der Waals surface area contributed by atoms with Crippen molar-refractivity contribution < 1.29 is 14.7 Å². The van der Waals surface area contributed by atoms with E-state index in [0.717, 1.165) is 12.8 Å². The van der Waals surface area contributed by atoms with E-state index in [-0.39, 0.29) is 12.5 Å². The van der Waals surface area contributed by atoms with Crippen LogP contribution in [0.3, 0.4) is 0 Å². The van der Waals surface area contributed by atoms with Gasteiger partial charge in [-0.3, -0.25) is 4.79 Å². The molecule has 1 aliphatic heterocycles. The summed E-state index contributed by atoms with van der Waals surface area (Å²) < 4.78 is 0. The maximum atomic E-state index is 12.3. The Hall–Kier alpha value is -2.04. The lowest BCUT2D eigenvalue weighted by atomic mass is 10.0. The first-order valence-corrected chi connectivity index (χ1v) is 7.23. The van der Waals surface area contributed by atoms with E-state index in [9.17, 15) is 9.59 Å². The third-order valence-electron chi connectivity index (χ3n) is 3.75. The SMILES string of the molecule is CC(C)(CC(=O)O)NC(=O)N1CCc2ccccc2CC1. The summed E-state index contributed by atoms with van der Waals surface area (Å²) in [5.74, 6) is -0.913. The number of urea groups is 1. The number of fused-ring (bicyclic) bond motifs is 1. The molecule has 1 aromatic carbocycles. The molecule has 1 heterocycles. The van der Waals surface area contributed by atoms with Gasteiger partial charge in [0.25, 0.3) is 0 Å². The second kappa shape index (κ2) is 6.16. The van der Waals surface area contributed by atoms with Crippen molar-refractivity contribution in [2.75, 3.05) is 13.1 Å². The lowest BCUT2D eigenvalue weighted by molar-refractivity contribution is -0.138. The summed E-state index contributed by atoms with van der Waals surface area (Å²) in [4.78, 5) is 24.9. The first-order valence-electron chi connectivity index (χ1n) is 7.23. The molecule has 5 heteroatoms. The molecule has 0 fully saturated rings. The molecule has 0 atom stereocenters. The number of carbonyl (C=O) groups is 2. The van der Waals surface area contributed by atoms with E-state index in [1.54, 1.807) is 18.7 Å². The molecule has 0 aliphatic carbocycles. The largest absolute Gasteiger partial charge is 0.481 e. The number of aliphatic carboxylic acids is 1. The van der Waals surface area contributed by atoms with Crippen LogP contribution in [0.5, 0.6) is 0 Å². The van der Waals surface area contributed by atoms with Crippen molar-refractivity contribution in [1.29, 1.82) is 0 Å². The number of hydrogen-bond acceptors (Lipinski definition) is 2. The number of carbonyl (C=O) groups excluding carboxylic acids is 1. The monoisotopic (exact) mass is 290 g/mol. The fourth-order valence-corrected chi connectivity index (χ4v) is 2.66. The van der Waals surface area contributed by atoms with Crippen molar-refractivity contribution >= 4 is 12.0 Å². The van der Waals surface area contributed by atoms with Crippen LogP contribution >= 0.6 is 0 Å². The number of nitrogens with one attached hydrogen (secondary N) is 1. The minimum atomic E-state index is -0.913. The first kappa shape index (κ1) is 15.4. The van der Waals surface area contributed by atoms with Crippen molar-refractivity contribution in [3.05, 3.63) is 35.4 Å². The second-order valence-electron chi connectivity index (χ2n) is 6.14. The quantitative estimate of drug-likeness (QED) is 0.895. The van der Waals surface area contributed by atoms with E-state index < -0.39 is 11.5 Å². The van der Waals surface area contributed by atoms with Gasteiger partial charge in [-0.25, -0.2) is 4.79 Å². The van der Waals surface area contributed by atoms with Crippen molar-refractivity contribution in [3.63, 3.8) is 0 Å². The highest BCUT2D eigenvalue weighted by atomic mass is 16.4. The van der Waals surface area contributed by atoms with Crippen LogP contribution in [0.25, 0.3) is 0 Å². The highest BCUT2D eigenvalue weighted by Gasteiger charge is 2.27. The number of nitrogens with zero attached hydrogens (tertiary/aromatic N) is 1. The van der Waals surface area contributed by atoms with Crippen molar-refractivity contribution in [3.8, 4) is 0 Å². The van der Waals surface area contributed by atoms with E-state index >= 15 is 0 Å². The van der Waals surface area contributed by atoms with Gasteiger partial charge in [0.05, 0.1) is 6.42 Å². The Morgan fingerprint density at radius 3 is 2.19 bits per heavy atom. The van der Waals surface area contributed by atoms with Crippen LogP contribution in [-0.2, 0) is 17.6 Å². The molecular formula is C16H22N2O3. The van der Waals surface area contributed by atoms with E-state index in [0.29, 0.717) is 13.1 Å². The van der Waals surface area contributed by atoms with Crippen LogP contribution in [0.2, 0.25) is 0 Å². The van der Waals surface area contributed by atoms with Crippen LogP contribution < -0.4 is 5.32 Å². The molecule has 0 unspecified atom stereocenters. The zero-order valence-electron chi connectivity index (χ0n) is 12.6. The molecule has 0 saturated heterocycles. The third kappa shape index (κ3) is 4.21. The summed E-state index contributed by atoms with van der Waals surface area (Å²) in [5, 5.41) is 11.7. The molecule has 0 aromatic heterocycles. The number of hydrogen-bond donors (Lipinski definition) is 2. The Labute approximate surface area is 125 Å². The molecule has 0 saturated carbocycles. The second-order valence-corrected chi connectivity index (χ2v) is 6.14. The summed E-state index contributed by atoms with van der Waals surface area (Å²) in [5.41, 5.74) is 1.83. The molecule has 1 aromatic rings. The van der Waals surface area contributed by atoms with Gasteiger partial charge >= 0.3 is 12.0 Å². The van der Waals surface area contributed by atoms with Crippen LogP contribution in [0.1, 0.15) is 31.4 Å². The average molecular weight is 290 g/mol. The molecule has 2 rings (SSSR count). The van der Waals surface area contributed by atoms with Gasteiger partial charge in [0.2, 0.25) is 0 Å². The van der Waals surface area contributed by atoms with E-state index in [2.05, 4.69) is 17.4 Å².